The first-order chi connectivity index (χ1) is 11.0. The average Bonchev–Trinajstić information content (AvgIpc) is 2.52. The zero-order valence-corrected chi connectivity index (χ0v) is 13.9. The predicted molar refractivity (Wildman–Crippen MR) is 93.9 cm³/mol. The van der Waals surface area contributed by atoms with Crippen LogP contribution in [0, 0.1) is 11.3 Å². The van der Waals surface area contributed by atoms with Crippen LogP contribution in [0.5, 0.6) is 0 Å². The van der Waals surface area contributed by atoms with E-state index in [4.69, 9.17) is 40.1 Å². The van der Waals surface area contributed by atoms with Gasteiger partial charge in [0, 0.05) is 16.9 Å². The Hall–Kier alpha value is -2.19. The van der Waals surface area contributed by atoms with Crippen molar-refractivity contribution in [3.63, 3.8) is 0 Å². The number of nitriles is 1. The van der Waals surface area contributed by atoms with Gasteiger partial charge in [0.25, 0.3) is 5.91 Å². The molecule has 0 heterocycles. The van der Waals surface area contributed by atoms with Crippen molar-refractivity contribution in [2.24, 2.45) is 0 Å². The summed E-state index contributed by atoms with van der Waals surface area (Å²) in [6.45, 7) is 0. The standard InChI is InChI=1S/C16H10Cl3N3O/c17-11-4-6-12(7-5-11)22-16(23)10(8-20)9-21-15-13(18)2-1-3-14(15)19/h1-7,9,21H,(H,22,23)/b10-9-. The van der Waals surface area contributed by atoms with Gasteiger partial charge in [-0.25, -0.2) is 0 Å². The Morgan fingerprint density at radius 2 is 1.65 bits per heavy atom. The Bertz CT molecular complexity index is 775. The Kier molecular flexibility index (Phi) is 5.89. The molecule has 4 nitrogen and oxygen atoms in total. The molecule has 2 aromatic rings. The van der Waals surface area contributed by atoms with Gasteiger partial charge in [-0.3, -0.25) is 4.79 Å². The molecule has 0 unspecified atom stereocenters. The SMILES string of the molecule is N#C/C(=C/Nc1c(Cl)cccc1Cl)C(=O)Nc1ccc(Cl)cc1. The van der Waals surface area contributed by atoms with E-state index in [1.165, 1.54) is 6.20 Å². The molecule has 2 rings (SSSR count). The highest BCUT2D eigenvalue weighted by atomic mass is 35.5. The van der Waals surface area contributed by atoms with Crippen LogP contribution >= 0.6 is 34.8 Å². The van der Waals surface area contributed by atoms with Gasteiger partial charge in [-0.2, -0.15) is 5.26 Å². The van der Waals surface area contributed by atoms with Crippen molar-refractivity contribution in [2.45, 2.75) is 0 Å². The van der Waals surface area contributed by atoms with Crippen LogP contribution in [0.15, 0.2) is 54.2 Å². The lowest BCUT2D eigenvalue weighted by molar-refractivity contribution is -0.112. The van der Waals surface area contributed by atoms with E-state index in [-0.39, 0.29) is 5.57 Å². The lowest BCUT2D eigenvalue weighted by Crippen LogP contribution is -2.14. The summed E-state index contributed by atoms with van der Waals surface area (Å²) in [7, 11) is 0. The molecule has 116 valence electrons. The fraction of sp³-hybridized carbons (Fsp3) is 0. The molecule has 0 bridgehead atoms. The van der Waals surface area contributed by atoms with E-state index in [1.54, 1.807) is 42.5 Å². The van der Waals surface area contributed by atoms with Crippen molar-refractivity contribution in [3.8, 4) is 6.07 Å². The molecule has 0 fully saturated rings. The second-order valence-electron chi connectivity index (χ2n) is 4.37. The number of hydrogen-bond donors (Lipinski definition) is 2. The third-order valence-corrected chi connectivity index (χ3v) is 3.67. The highest BCUT2D eigenvalue weighted by molar-refractivity contribution is 6.39. The van der Waals surface area contributed by atoms with Crippen molar-refractivity contribution in [1.82, 2.24) is 0 Å². The molecule has 2 aromatic carbocycles. The minimum absolute atomic E-state index is 0.129. The van der Waals surface area contributed by atoms with Gasteiger partial charge in [-0.05, 0) is 36.4 Å². The monoisotopic (exact) mass is 365 g/mol. The summed E-state index contributed by atoms with van der Waals surface area (Å²) in [6.07, 6.45) is 1.25. The van der Waals surface area contributed by atoms with Gasteiger partial charge in [0.2, 0.25) is 0 Å². The maximum atomic E-state index is 12.1. The molecular formula is C16H10Cl3N3O. The summed E-state index contributed by atoms with van der Waals surface area (Å²) in [5.74, 6) is -0.564. The number of benzene rings is 2. The zero-order valence-electron chi connectivity index (χ0n) is 11.6. The maximum Gasteiger partial charge on any atom is 0.267 e. The van der Waals surface area contributed by atoms with Crippen molar-refractivity contribution >= 4 is 52.1 Å². The molecule has 1 amide bonds. The first kappa shape index (κ1) is 17.2. The quantitative estimate of drug-likeness (QED) is 0.584. The number of nitrogens with zero attached hydrogens (tertiary/aromatic N) is 1. The second-order valence-corrected chi connectivity index (χ2v) is 5.62. The average molecular weight is 367 g/mol. The third-order valence-electron chi connectivity index (χ3n) is 2.79. The molecule has 0 saturated carbocycles. The second kappa shape index (κ2) is 7.89. The number of hydrogen-bond acceptors (Lipinski definition) is 3. The van der Waals surface area contributed by atoms with Crippen molar-refractivity contribution in [2.75, 3.05) is 10.6 Å². The summed E-state index contributed by atoms with van der Waals surface area (Å²) in [5, 5.41) is 15.8. The van der Waals surface area contributed by atoms with Crippen LogP contribution < -0.4 is 10.6 Å². The van der Waals surface area contributed by atoms with E-state index in [1.807, 2.05) is 6.07 Å². The number of carbonyl (C=O) groups excluding carboxylic acids is 1. The smallest absolute Gasteiger partial charge is 0.267 e. The molecule has 2 N–H and O–H groups in total. The van der Waals surface area contributed by atoms with E-state index < -0.39 is 5.91 Å². The Balaban J connectivity index is 2.14. The third kappa shape index (κ3) is 4.64. The predicted octanol–water partition coefficient (Wildman–Crippen LogP) is 5.10. The summed E-state index contributed by atoms with van der Waals surface area (Å²) in [5.41, 5.74) is 0.815. The zero-order chi connectivity index (χ0) is 16.8. The molecule has 23 heavy (non-hydrogen) atoms. The maximum absolute atomic E-state index is 12.1. The number of anilines is 2. The molecule has 7 heteroatoms. The van der Waals surface area contributed by atoms with Gasteiger partial charge in [0.05, 0.1) is 15.7 Å². The Labute approximate surface area is 148 Å². The highest BCUT2D eigenvalue weighted by Crippen LogP contribution is 2.29. The number of rotatable bonds is 4. The van der Waals surface area contributed by atoms with Crippen LogP contribution in [0.25, 0.3) is 0 Å². The van der Waals surface area contributed by atoms with E-state index >= 15 is 0 Å². The number of halogens is 3. The molecule has 0 aliphatic heterocycles. The Morgan fingerprint density at radius 3 is 2.22 bits per heavy atom. The molecule has 0 saturated heterocycles. The lowest BCUT2D eigenvalue weighted by atomic mass is 10.2. The van der Waals surface area contributed by atoms with Crippen LogP contribution in [0.1, 0.15) is 0 Å². The Morgan fingerprint density at radius 1 is 1.04 bits per heavy atom. The topological polar surface area (TPSA) is 64.9 Å². The number of nitrogens with one attached hydrogen (secondary N) is 2. The van der Waals surface area contributed by atoms with Gasteiger partial charge in [0.15, 0.2) is 0 Å². The largest absolute Gasteiger partial charge is 0.358 e. The van der Waals surface area contributed by atoms with Gasteiger partial charge in [0.1, 0.15) is 11.6 Å². The van der Waals surface area contributed by atoms with Gasteiger partial charge in [-0.15, -0.1) is 0 Å². The number of amides is 1. The highest BCUT2D eigenvalue weighted by Gasteiger charge is 2.10. The van der Waals surface area contributed by atoms with Crippen molar-refractivity contribution < 1.29 is 4.79 Å². The molecule has 0 aromatic heterocycles. The van der Waals surface area contributed by atoms with Crippen LogP contribution in [-0.2, 0) is 4.79 Å². The lowest BCUT2D eigenvalue weighted by Gasteiger charge is -2.07. The van der Waals surface area contributed by atoms with E-state index in [0.717, 1.165) is 0 Å². The van der Waals surface area contributed by atoms with E-state index in [9.17, 15) is 4.79 Å². The van der Waals surface area contributed by atoms with Crippen LogP contribution in [0.2, 0.25) is 15.1 Å². The first-order valence-electron chi connectivity index (χ1n) is 6.39. The van der Waals surface area contributed by atoms with Gasteiger partial charge in [-0.1, -0.05) is 40.9 Å². The fourth-order valence-electron chi connectivity index (χ4n) is 1.66. The summed E-state index contributed by atoms with van der Waals surface area (Å²) in [4.78, 5) is 12.1. The van der Waals surface area contributed by atoms with Crippen LogP contribution in [-0.4, -0.2) is 5.91 Å². The van der Waals surface area contributed by atoms with E-state index in [0.29, 0.717) is 26.4 Å². The molecule has 0 spiro atoms. The van der Waals surface area contributed by atoms with Gasteiger partial charge >= 0.3 is 0 Å². The number of carbonyl (C=O) groups is 1. The number of para-hydroxylation sites is 1. The fourth-order valence-corrected chi connectivity index (χ4v) is 2.29. The molecule has 0 aliphatic rings. The normalized spacial score (nSPS) is 10.8. The van der Waals surface area contributed by atoms with Gasteiger partial charge < -0.3 is 10.6 Å². The van der Waals surface area contributed by atoms with E-state index in [2.05, 4.69) is 10.6 Å². The minimum Gasteiger partial charge on any atom is -0.358 e. The first-order valence-corrected chi connectivity index (χ1v) is 7.52. The minimum atomic E-state index is -0.564. The van der Waals surface area contributed by atoms with Crippen LogP contribution in [0.4, 0.5) is 11.4 Å². The molecule has 0 atom stereocenters. The molecular weight excluding hydrogens is 357 g/mol. The molecule has 0 radical (unpaired) electrons. The van der Waals surface area contributed by atoms with Crippen molar-refractivity contribution in [1.29, 1.82) is 5.26 Å². The van der Waals surface area contributed by atoms with Crippen LogP contribution in [0.3, 0.4) is 0 Å². The molecule has 0 aliphatic carbocycles. The van der Waals surface area contributed by atoms with Crippen molar-refractivity contribution in [3.05, 3.63) is 69.3 Å². The summed E-state index contributed by atoms with van der Waals surface area (Å²) in [6, 6.07) is 13.3. The summed E-state index contributed by atoms with van der Waals surface area (Å²) >= 11 is 17.8. The summed E-state index contributed by atoms with van der Waals surface area (Å²) < 4.78 is 0.